The Kier molecular flexibility index (Phi) is 28.8. The molecule has 16 nitrogen and oxygen atoms in total. The molecule has 0 bridgehead atoms. The Bertz CT molecular complexity index is 2880. The van der Waals surface area contributed by atoms with Crippen LogP contribution in [0.4, 0.5) is 22.7 Å². The zero-order valence-corrected chi connectivity index (χ0v) is 50.6. The number of pyridine rings is 2. The maximum Gasteiger partial charge on any atom is 0.281 e. The van der Waals surface area contributed by atoms with Crippen molar-refractivity contribution in [3.8, 4) is 23.9 Å². The first kappa shape index (κ1) is 66.6. The van der Waals surface area contributed by atoms with Crippen LogP contribution in [0.2, 0.25) is 0 Å². The molecule has 0 aliphatic carbocycles. The number of nitrogens with zero attached hydrogens (tertiary/aromatic N) is 10. The van der Waals surface area contributed by atoms with Crippen molar-refractivity contribution in [3.63, 3.8) is 0 Å². The molecule has 0 fully saturated rings. The number of hydrogen-bond donors (Lipinski definition) is 2. The standard InChI is InChI=1S/C65H94N10O6/c1-11-19-27-49(16-6)43-72(42-48(15-5)26-14-4)60(76)52-30-34-54(35-31-52)68-70-58-46(9)56(40-66)62(78)74(64(58)80)38-24-22-23-25-39-75-63(79)57(41-67)47(10)59(65(75)81)71-69-55-36-32-53(33-37-55)61(77)73(44-50(17-7)28-20-12-2)45-51(18-8)29-21-13-3/h30-37,48-51,78-79H,11-29,38-39,42-45H2,1-10H3. The molecule has 2 aromatic heterocycles. The molecule has 2 aromatic carbocycles. The van der Waals surface area contributed by atoms with Crippen LogP contribution in [0.3, 0.4) is 0 Å². The fourth-order valence-corrected chi connectivity index (χ4v) is 10.7. The Morgan fingerprint density at radius 3 is 1.09 bits per heavy atom. The molecule has 81 heavy (non-hydrogen) atoms. The molecule has 0 saturated heterocycles. The predicted octanol–water partition coefficient (Wildman–Crippen LogP) is 16.2. The van der Waals surface area contributed by atoms with Crippen molar-refractivity contribution in [1.29, 1.82) is 10.5 Å². The molecule has 4 unspecified atom stereocenters. The zero-order chi connectivity index (χ0) is 59.4. The summed E-state index contributed by atoms with van der Waals surface area (Å²) in [7, 11) is 0. The van der Waals surface area contributed by atoms with Gasteiger partial charge in [-0.05, 0) is 125 Å². The van der Waals surface area contributed by atoms with Gasteiger partial charge in [0.25, 0.3) is 22.9 Å². The van der Waals surface area contributed by atoms with E-state index in [2.05, 4.69) is 75.8 Å². The minimum absolute atomic E-state index is 0.0148. The number of aromatic nitrogens is 2. The quantitative estimate of drug-likeness (QED) is 0.0328. The molecule has 4 aromatic rings. The molecule has 16 heteroatoms. The molecule has 0 aliphatic heterocycles. The number of nitriles is 2. The van der Waals surface area contributed by atoms with Crippen molar-refractivity contribution in [2.75, 3.05) is 26.2 Å². The highest BCUT2D eigenvalue weighted by atomic mass is 16.3. The van der Waals surface area contributed by atoms with Gasteiger partial charge in [-0.3, -0.25) is 28.3 Å². The molecule has 4 atom stereocenters. The van der Waals surface area contributed by atoms with Gasteiger partial charge in [-0.2, -0.15) is 20.8 Å². The minimum atomic E-state index is -0.615. The highest BCUT2D eigenvalue weighted by Crippen LogP contribution is 2.31. The second kappa shape index (κ2) is 35.0. The third kappa shape index (κ3) is 19.1. The zero-order valence-electron chi connectivity index (χ0n) is 50.6. The Labute approximate surface area is 483 Å². The maximum atomic E-state index is 14.1. The monoisotopic (exact) mass is 1110 g/mol. The van der Waals surface area contributed by atoms with Gasteiger partial charge in [0.15, 0.2) is 11.4 Å². The van der Waals surface area contributed by atoms with Crippen LogP contribution < -0.4 is 11.1 Å². The van der Waals surface area contributed by atoms with Gasteiger partial charge in [0.05, 0.1) is 11.4 Å². The van der Waals surface area contributed by atoms with Crippen molar-refractivity contribution in [3.05, 3.63) is 103 Å². The Morgan fingerprint density at radius 1 is 0.481 bits per heavy atom. The van der Waals surface area contributed by atoms with Gasteiger partial charge in [0.2, 0.25) is 11.8 Å². The summed E-state index contributed by atoms with van der Waals surface area (Å²) in [5.74, 6) is 0.731. The van der Waals surface area contributed by atoms with E-state index in [0.717, 1.165) is 105 Å². The van der Waals surface area contributed by atoms with Crippen molar-refractivity contribution in [2.45, 2.75) is 204 Å². The molecular weight excluding hydrogens is 1020 g/mol. The summed E-state index contributed by atoms with van der Waals surface area (Å²) < 4.78 is 2.23. The van der Waals surface area contributed by atoms with E-state index in [-0.39, 0.29) is 58.5 Å². The predicted molar refractivity (Wildman–Crippen MR) is 324 cm³/mol. The van der Waals surface area contributed by atoms with E-state index in [1.165, 1.54) is 6.92 Å². The van der Waals surface area contributed by atoms with Gasteiger partial charge in [0, 0.05) is 61.5 Å². The summed E-state index contributed by atoms with van der Waals surface area (Å²) >= 11 is 0. The largest absolute Gasteiger partial charge is 0.493 e. The highest BCUT2D eigenvalue weighted by Gasteiger charge is 2.26. The fourth-order valence-electron chi connectivity index (χ4n) is 10.7. The Balaban J connectivity index is 1.46. The summed E-state index contributed by atoms with van der Waals surface area (Å²) in [5.41, 5.74) is 0.719. The number of benzene rings is 2. The highest BCUT2D eigenvalue weighted by molar-refractivity contribution is 5.95. The lowest BCUT2D eigenvalue weighted by Gasteiger charge is -2.31. The summed E-state index contributed by atoms with van der Waals surface area (Å²) in [6, 6.07) is 17.7. The number of carbonyl (C=O) groups is 2. The smallest absolute Gasteiger partial charge is 0.281 e. The van der Waals surface area contributed by atoms with Crippen LogP contribution in [0.5, 0.6) is 11.8 Å². The average Bonchev–Trinajstić information content (AvgIpc) is 3.51. The first-order chi connectivity index (χ1) is 39.1. The first-order valence-electron chi connectivity index (χ1n) is 30.4. The summed E-state index contributed by atoms with van der Waals surface area (Å²) in [6.07, 6.45) is 18.1. The second-order valence-electron chi connectivity index (χ2n) is 22.1. The van der Waals surface area contributed by atoms with Crippen molar-refractivity contribution >= 4 is 34.6 Å². The number of unbranched alkanes of at least 4 members (excludes halogenated alkanes) is 6. The normalized spacial score (nSPS) is 13.0. The lowest BCUT2D eigenvalue weighted by Crippen LogP contribution is -2.39. The molecule has 4 rings (SSSR count). The van der Waals surface area contributed by atoms with E-state index < -0.39 is 22.9 Å². The topological polar surface area (TPSA) is 222 Å². The fraction of sp³-hybridized carbons (Fsp3) is 0.600. The Hall–Kier alpha value is -6.94. The van der Waals surface area contributed by atoms with Crippen LogP contribution in [-0.4, -0.2) is 67.1 Å². The minimum Gasteiger partial charge on any atom is -0.493 e. The SMILES string of the molecule is CCCCC(CC)CN(CC(CC)CCC)C(=O)c1ccc(N=Nc2c(C)c(C#N)c(O)n(CCCCCCn3c(O)c(C#N)c(C)c(N=Nc4ccc(C(=O)N(CC(CC)CCCC)CC(CC)CCCC)cc4)c3=O)c2=O)cc1. The molecule has 0 aliphatic rings. The van der Waals surface area contributed by atoms with Gasteiger partial charge < -0.3 is 20.0 Å². The second-order valence-corrected chi connectivity index (χ2v) is 22.1. The number of azo groups is 2. The molecule has 2 amide bonds. The van der Waals surface area contributed by atoms with Crippen LogP contribution in [0, 0.1) is 60.2 Å². The number of amides is 2. The van der Waals surface area contributed by atoms with Gasteiger partial charge in [-0.1, -0.05) is 139 Å². The van der Waals surface area contributed by atoms with E-state index >= 15 is 0 Å². The van der Waals surface area contributed by atoms with Crippen LogP contribution in [0.15, 0.2) is 78.6 Å². The third-order valence-corrected chi connectivity index (χ3v) is 16.2. The van der Waals surface area contributed by atoms with E-state index in [1.54, 1.807) is 55.5 Å². The van der Waals surface area contributed by atoms with Crippen LogP contribution >= 0.6 is 0 Å². The molecular formula is C65H94N10O6. The summed E-state index contributed by atoms with van der Waals surface area (Å²) in [5, 5.41) is 59.5. The van der Waals surface area contributed by atoms with E-state index in [9.17, 15) is 39.9 Å². The number of aromatic hydroxyl groups is 2. The van der Waals surface area contributed by atoms with Crippen molar-refractivity contribution in [2.24, 2.45) is 44.1 Å². The van der Waals surface area contributed by atoms with E-state index in [0.29, 0.717) is 98.0 Å². The summed E-state index contributed by atoms with van der Waals surface area (Å²) in [4.78, 5) is 59.9. The lowest BCUT2D eigenvalue weighted by atomic mass is 9.95. The molecule has 0 spiro atoms. The molecule has 0 radical (unpaired) electrons. The molecule has 2 heterocycles. The first-order valence-corrected chi connectivity index (χ1v) is 30.4. The third-order valence-electron chi connectivity index (χ3n) is 16.2. The van der Waals surface area contributed by atoms with Crippen LogP contribution in [-0.2, 0) is 13.1 Å². The number of hydrogen-bond acceptors (Lipinski definition) is 12. The van der Waals surface area contributed by atoms with Crippen LogP contribution in [0.25, 0.3) is 0 Å². The van der Waals surface area contributed by atoms with Gasteiger partial charge in [-0.15, -0.1) is 10.2 Å². The van der Waals surface area contributed by atoms with Crippen molar-refractivity contribution in [1.82, 2.24) is 18.9 Å². The maximum absolute atomic E-state index is 14.1. The van der Waals surface area contributed by atoms with Gasteiger partial charge in [-0.25, -0.2) is 0 Å². The average molecular weight is 1110 g/mol. The van der Waals surface area contributed by atoms with E-state index in [1.807, 2.05) is 21.9 Å². The van der Waals surface area contributed by atoms with Gasteiger partial charge in [0.1, 0.15) is 23.3 Å². The lowest BCUT2D eigenvalue weighted by molar-refractivity contribution is 0.0678. The number of rotatable bonds is 36. The molecule has 2 N–H and O–H groups in total. The molecule has 440 valence electrons. The molecule has 0 saturated carbocycles. The van der Waals surface area contributed by atoms with Gasteiger partial charge >= 0.3 is 0 Å². The van der Waals surface area contributed by atoms with Crippen LogP contribution in [0.1, 0.15) is 220 Å². The number of carbonyl (C=O) groups excluding carboxylic acids is 2. The van der Waals surface area contributed by atoms with Crippen molar-refractivity contribution < 1.29 is 19.8 Å². The summed E-state index contributed by atoms with van der Waals surface area (Å²) in [6.45, 7) is 23.6. The van der Waals surface area contributed by atoms with E-state index in [4.69, 9.17) is 0 Å². The Morgan fingerprint density at radius 2 is 0.802 bits per heavy atom.